The van der Waals surface area contributed by atoms with E-state index < -0.39 is 11.3 Å². The van der Waals surface area contributed by atoms with Crippen molar-refractivity contribution in [3.05, 3.63) is 51.6 Å². The third kappa shape index (κ3) is 3.46. The largest absolute Gasteiger partial charge is 0.496 e. The number of rotatable bonds is 4. The Labute approximate surface area is 162 Å². The molecular weight excluding hydrogens is 360 g/mol. The summed E-state index contributed by atoms with van der Waals surface area (Å²) in [5.74, 6) is 1.12. The number of hydrogen-bond acceptors (Lipinski definition) is 7. The fraction of sp³-hybridized carbons (Fsp3) is 0.450. The predicted molar refractivity (Wildman–Crippen MR) is 101 cm³/mol. The van der Waals surface area contributed by atoms with Gasteiger partial charge in [-0.05, 0) is 6.07 Å². The lowest BCUT2D eigenvalue weighted by atomic mass is 10.0. The normalized spacial score (nSPS) is 18.2. The minimum atomic E-state index is -0.523. The highest BCUT2D eigenvalue weighted by molar-refractivity contribution is 5.53. The van der Waals surface area contributed by atoms with Gasteiger partial charge >= 0.3 is 0 Å². The molecule has 2 aromatic rings. The maximum absolute atomic E-state index is 12.5. The molecule has 8 nitrogen and oxygen atoms in total. The van der Waals surface area contributed by atoms with Crippen LogP contribution < -0.4 is 15.2 Å². The van der Waals surface area contributed by atoms with Crippen LogP contribution in [0.5, 0.6) is 5.75 Å². The fourth-order valence-corrected chi connectivity index (χ4v) is 3.79. The number of nitrogens with zero attached hydrogens (tertiary/aromatic N) is 3. The van der Waals surface area contributed by atoms with Crippen LogP contribution in [-0.4, -0.2) is 49.2 Å². The fourth-order valence-electron chi connectivity index (χ4n) is 3.79. The van der Waals surface area contributed by atoms with Crippen molar-refractivity contribution in [1.82, 2.24) is 9.97 Å². The van der Waals surface area contributed by atoms with Gasteiger partial charge in [0, 0.05) is 37.9 Å². The van der Waals surface area contributed by atoms with Gasteiger partial charge < -0.3 is 24.1 Å². The first-order valence-corrected chi connectivity index (χ1v) is 9.32. The van der Waals surface area contributed by atoms with Crippen molar-refractivity contribution >= 4 is 5.82 Å². The molecule has 146 valence electrons. The summed E-state index contributed by atoms with van der Waals surface area (Å²) in [6, 6.07) is 9.59. The quantitative estimate of drug-likeness (QED) is 0.857. The van der Waals surface area contributed by atoms with Gasteiger partial charge in [0.25, 0.3) is 5.56 Å². The van der Waals surface area contributed by atoms with E-state index in [2.05, 4.69) is 9.97 Å². The zero-order chi connectivity index (χ0) is 19.6. The highest BCUT2D eigenvalue weighted by Crippen LogP contribution is 2.33. The topological polar surface area (TPSA) is 100 Å². The molecule has 2 saturated heterocycles. The summed E-state index contributed by atoms with van der Waals surface area (Å²) >= 11 is 0. The lowest BCUT2D eigenvalue weighted by molar-refractivity contribution is -0.169. The SMILES string of the molecule is COc1ccccc1Cc1nc(N2CCC3(CC2)OCCO3)c(C#N)c(=O)[nH]1. The highest BCUT2D eigenvalue weighted by atomic mass is 16.7. The van der Waals surface area contributed by atoms with Gasteiger partial charge in [0.2, 0.25) is 0 Å². The van der Waals surface area contributed by atoms with E-state index in [1.54, 1.807) is 7.11 Å². The van der Waals surface area contributed by atoms with E-state index in [9.17, 15) is 10.1 Å². The van der Waals surface area contributed by atoms with Crippen LogP contribution in [0.15, 0.2) is 29.1 Å². The number of benzene rings is 1. The second-order valence-corrected chi connectivity index (χ2v) is 6.91. The molecule has 0 atom stereocenters. The van der Waals surface area contributed by atoms with E-state index in [0.29, 0.717) is 57.2 Å². The standard InChI is InChI=1S/C20H22N4O4/c1-26-16-5-3-2-4-14(16)12-17-22-18(15(13-21)19(25)23-17)24-8-6-20(7-9-24)27-10-11-28-20/h2-5H,6-12H2,1H3,(H,22,23,25). The Morgan fingerprint density at radius 3 is 2.68 bits per heavy atom. The lowest BCUT2D eigenvalue weighted by Crippen LogP contribution is -2.46. The molecule has 1 aromatic heterocycles. The average molecular weight is 382 g/mol. The van der Waals surface area contributed by atoms with Crippen LogP contribution in [0.2, 0.25) is 0 Å². The van der Waals surface area contributed by atoms with Gasteiger partial charge in [0.1, 0.15) is 17.6 Å². The molecule has 2 fully saturated rings. The lowest BCUT2D eigenvalue weighted by Gasteiger charge is -2.38. The maximum Gasteiger partial charge on any atom is 0.271 e. The van der Waals surface area contributed by atoms with Crippen molar-refractivity contribution in [2.45, 2.75) is 25.0 Å². The molecule has 28 heavy (non-hydrogen) atoms. The number of ether oxygens (including phenoxy) is 3. The highest BCUT2D eigenvalue weighted by Gasteiger charge is 2.40. The molecular formula is C20H22N4O4. The van der Waals surface area contributed by atoms with E-state index in [1.165, 1.54) is 0 Å². The Morgan fingerprint density at radius 1 is 1.29 bits per heavy atom. The van der Waals surface area contributed by atoms with Crippen LogP contribution in [0.25, 0.3) is 0 Å². The molecule has 2 aliphatic heterocycles. The number of hydrogen-bond donors (Lipinski definition) is 1. The first kappa shape index (κ1) is 18.5. The van der Waals surface area contributed by atoms with Gasteiger partial charge in [0.05, 0.1) is 20.3 Å². The first-order chi connectivity index (χ1) is 13.6. The van der Waals surface area contributed by atoms with E-state index >= 15 is 0 Å². The molecule has 3 heterocycles. The molecule has 0 aliphatic carbocycles. The smallest absolute Gasteiger partial charge is 0.271 e. The molecule has 0 bridgehead atoms. The molecule has 2 aliphatic rings. The zero-order valence-electron chi connectivity index (χ0n) is 15.7. The van der Waals surface area contributed by atoms with E-state index in [0.717, 1.165) is 11.3 Å². The molecule has 0 saturated carbocycles. The van der Waals surface area contributed by atoms with Gasteiger partial charge in [-0.25, -0.2) is 4.98 Å². The van der Waals surface area contributed by atoms with Gasteiger partial charge in [-0.3, -0.25) is 4.79 Å². The van der Waals surface area contributed by atoms with Crippen LogP contribution in [0.1, 0.15) is 29.8 Å². The van der Waals surface area contributed by atoms with E-state index in [1.807, 2.05) is 35.2 Å². The molecule has 0 unspecified atom stereocenters. The summed E-state index contributed by atoms with van der Waals surface area (Å²) < 4.78 is 16.9. The van der Waals surface area contributed by atoms with Crippen molar-refractivity contribution in [3.63, 3.8) is 0 Å². The number of nitrogens with one attached hydrogen (secondary N) is 1. The second kappa shape index (κ2) is 7.62. The summed E-state index contributed by atoms with van der Waals surface area (Å²) in [7, 11) is 1.61. The number of anilines is 1. The van der Waals surface area contributed by atoms with Gasteiger partial charge in [-0.2, -0.15) is 5.26 Å². The Kier molecular flexibility index (Phi) is 5.03. The molecule has 4 rings (SSSR count). The van der Waals surface area contributed by atoms with Gasteiger partial charge in [-0.15, -0.1) is 0 Å². The van der Waals surface area contributed by atoms with Crippen molar-refractivity contribution in [3.8, 4) is 11.8 Å². The van der Waals surface area contributed by atoms with Crippen molar-refractivity contribution in [2.75, 3.05) is 38.3 Å². The summed E-state index contributed by atoms with van der Waals surface area (Å²) in [6.07, 6.45) is 1.75. The van der Waals surface area contributed by atoms with Crippen molar-refractivity contribution < 1.29 is 14.2 Å². The van der Waals surface area contributed by atoms with Crippen LogP contribution in [0.3, 0.4) is 0 Å². The number of H-pyrrole nitrogens is 1. The number of piperidine rings is 1. The average Bonchev–Trinajstić information content (AvgIpc) is 3.16. The monoisotopic (exact) mass is 382 g/mol. The summed E-state index contributed by atoms with van der Waals surface area (Å²) in [4.78, 5) is 21.8. The van der Waals surface area contributed by atoms with Crippen LogP contribution in [0, 0.1) is 11.3 Å². The third-order valence-corrected chi connectivity index (χ3v) is 5.25. The molecule has 8 heteroatoms. The molecule has 1 N–H and O–H groups in total. The van der Waals surface area contributed by atoms with Gasteiger partial charge in [-0.1, -0.05) is 18.2 Å². The van der Waals surface area contributed by atoms with Crippen LogP contribution >= 0.6 is 0 Å². The molecule has 1 spiro atoms. The van der Waals surface area contributed by atoms with E-state index in [4.69, 9.17) is 14.2 Å². The van der Waals surface area contributed by atoms with Crippen LogP contribution in [0.4, 0.5) is 5.82 Å². The molecule has 0 radical (unpaired) electrons. The van der Waals surface area contributed by atoms with Gasteiger partial charge in [0.15, 0.2) is 17.2 Å². The molecule has 0 amide bonds. The summed E-state index contributed by atoms with van der Waals surface area (Å²) in [5, 5.41) is 9.49. The number of methoxy groups -OCH3 is 1. The third-order valence-electron chi connectivity index (χ3n) is 5.25. The minimum Gasteiger partial charge on any atom is -0.496 e. The minimum absolute atomic E-state index is 0.0352. The maximum atomic E-state index is 12.5. The summed E-state index contributed by atoms with van der Waals surface area (Å²) in [5.41, 5.74) is 0.521. The predicted octanol–water partition coefficient (Wildman–Crippen LogP) is 1.58. The van der Waals surface area contributed by atoms with Crippen molar-refractivity contribution in [2.24, 2.45) is 0 Å². The second-order valence-electron chi connectivity index (χ2n) is 6.91. The Morgan fingerprint density at radius 2 is 2.00 bits per heavy atom. The number of nitriles is 1. The van der Waals surface area contributed by atoms with Crippen molar-refractivity contribution in [1.29, 1.82) is 5.26 Å². The number of aromatic amines is 1. The van der Waals surface area contributed by atoms with Crippen LogP contribution in [-0.2, 0) is 15.9 Å². The number of aromatic nitrogens is 2. The Bertz CT molecular complexity index is 949. The first-order valence-electron chi connectivity index (χ1n) is 9.32. The number of para-hydroxylation sites is 1. The summed E-state index contributed by atoms with van der Waals surface area (Å²) in [6.45, 7) is 2.43. The zero-order valence-corrected chi connectivity index (χ0v) is 15.7. The molecule has 1 aromatic carbocycles. The Hall–Kier alpha value is -2.89. The van der Waals surface area contributed by atoms with E-state index in [-0.39, 0.29) is 5.56 Å². The Balaban J connectivity index is 1.62.